The Morgan fingerprint density at radius 2 is 1.64 bits per heavy atom. The maximum atomic E-state index is 5.98. The first-order valence-electron chi connectivity index (χ1n) is 7.31. The third-order valence-electron chi connectivity index (χ3n) is 3.89. The van der Waals surface area contributed by atoms with Crippen LogP contribution < -0.4 is 0 Å². The molecule has 0 saturated carbocycles. The normalized spacial score (nSPS) is 10.9. The van der Waals surface area contributed by atoms with Crippen LogP contribution in [0.4, 0.5) is 0 Å². The number of hydrogen-bond donors (Lipinski definition) is 0. The van der Waals surface area contributed by atoms with Crippen LogP contribution >= 0.6 is 11.6 Å². The van der Waals surface area contributed by atoms with E-state index in [2.05, 4.69) is 38.1 Å². The Balaban J connectivity index is 2.07. The van der Waals surface area contributed by atoms with E-state index in [0.29, 0.717) is 0 Å². The lowest BCUT2D eigenvalue weighted by atomic mass is 10.0. The van der Waals surface area contributed by atoms with Gasteiger partial charge in [0, 0.05) is 16.3 Å². The maximum Gasteiger partial charge on any atom is 0.0679 e. The highest BCUT2D eigenvalue weighted by Gasteiger charge is 2.14. The van der Waals surface area contributed by atoms with Gasteiger partial charge in [0.15, 0.2) is 0 Å². The highest BCUT2D eigenvalue weighted by molar-refractivity contribution is 6.30. The van der Waals surface area contributed by atoms with Crippen molar-refractivity contribution in [3.63, 3.8) is 0 Å². The first kappa shape index (κ1) is 14.9. The molecule has 1 heterocycles. The van der Waals surface area contributed by atoms with E-state index < -0.39 is 0 Å². The minimum Gasteiger partial charge on any atom is -0.237 e. The molecule has 3 rings (SSSR count). The van der Waals surface area contributed by atoms with E-state index in [1.807, 2.05) is 35.9 Å². The van der Waals surface area contributed by atoms with Crippen molar-refractivity contribution < 1.29 is 0 Å². The third kappa shape index (κ3) is 2.67. The van der Waals surface area contributed by atoms with Crippen molar-refractivity contribution >= 4 is 11.6 Å². The van der Waals surface area contributed by atoms with Gasteiger partial charge >= 0.3 is 0 Å². The molecule has 3 heteroatoms. The Kier molecular flexibility index (Phi) is 4.04. The lowest BCUT2D eigenvalue weighted by molar-refractivity contribution is 0.833. The number of nitrogens with zero attached hydrogens (tertiary/aromatic N) is 2. The molecule has 1 aromatic heterocycles. The van der Waals surface area contributed by atoms with Gasteiger partial charge in [0.1, 0.15) is 0 Å². The van der Waals surface area contributed by atoms with Gasteiger partial charge in [0.05, 0.1) is 11.4 Å². The Hall–Kier alpha value is -2.06. The molecule has 0 aliphatic carbocycles. The van der Waals surface area contributed by atoms with Crippen LogP contribution in [0.15, 0.2) is 48.5 Å². The van der Waals surface area contributed by atoms with Gasteiger partial charge in [-0.1, -0.05) is 35.9 Å². The number of halogens is 1. The largest absolute Gasteiger partial charge is 0.237 e. The molecule has 0 saturated heterocycles. The number of hydrogen-bond acceptors (Lipinski definition) is 1. The molecule has 0 bridgehead atoms. The molecular weight excluding hydrogens is 292 g/mol. The summed E-state index contributed by atoms with van der Waals surface area (Å²) in [5.74, 6) is 0. The van der Waals surface area contributed by atoms with E-state index in [4.69, 9.17) is 16.7 Å². The zero-order chi connectivity index (χ0) is 15.7. The second-order valence-electron chi connectivity index (χ2n) is 5.38. The standard InChI is InChI=1S/C19H18ClN2/c1-4-15-5-11-18(12-6-15)22-14(3)19(13(2)21-22)16-7-9-17(20)10-8-16/h5-12H,1,4H2,2-3H3. The lowest BCUT2D eigenvalue weighted by Crippen LogP contribution is -1.99. The second kappa shape index (κ2) is 5.98. The van der Waals surface area contributed by atoms with Crippen LogP contribution in [0.3, 0.4) is 0 Å². The number of benzene rings is 2. The summed E-state index contributed by atoms with van der Waals surface area (Å²) in [5, 5.41) is 5.45. The van der Waals surface area contributed by atoms with Crippen molar-refractivity contribution in [3.05, 3.63) is 77.4 Å². The zero-order valence-corrected chi connectivity index (χ0v) is 13.6. The van der Waals surface area contributed by atoms with Crippen LogP contribution in [0, 0.1) is 20.8 Å². The van der Waals surface area contributed by atoms with Crippen molar-refractivity contribution in [2.45, 2.75) is 20.3 Å². The maximum absolute atomic E-state index is 5.98. The Labute approximate surface area is 136 Å². The first-order chi connectivity index (χ1) is 10.6. The Bertz CT molecular complexity index is 784. The molecule has 0 aliphatic heterocycles. The topological polar surface area (TPSA) is 17.8 Å². The van der Waals surface area contributed by atoms with E-state index in [9.17, 15) is 0 Å². The molecule has 0 spiro atoms. The van der Waals surface area contributed by atoms with Gasteiger partial charge in [-0.15, -0.1) is 0 Å². The summed E-state index contributed by atoms with van der Waals surface area (Å²) in [4.78, 5) is 0. The molecule has 3 aromatic rings. The number of aromatic nitrogens is 2. The van der Waals surface area contributed by atoms with Crippen LogP contribution in [0.5, 0.6) is 0 Å². The van der Waals surface area contributed by atoms with E-state index in [0.717, 1.165) is 39.6 Å². The van der Waals surface area contributed by atoms with Crippen LogP contribution in [0.2, 0.25) is 5.02 Å². The predicted molar refractivity (Wildman–Crippen MR) is 92.5 cm³/mol. The lowest BCUT2D eigenvalue weighted by Gasteiger charge is -2.07. The Morgan fingerprint density at radius 1 is 1.00 bits per heavy atom. The van der Waals surface area contributed by atoms with Crippen LogP contribution in [-0.2, 0) is 6.42 Å². The van der Waals surface area contributed by atoms with Crippen LogP contribution in [0.25, 0.3) is 16.8 Å². The summed E-state index contributed by atoms with van der Waals surface area (Å²) in [6.45, 7) is 8.04. The van der Waals surface area contributed by atoms with Crippen LogP contribution in [-0.4, -0.2) is 9.78 Å². The summed E-state index contributed by atoms with van der Waals surface area (Å²) >= 11 is 5.98. The van der Waals surface area contributed by atoms with Crippen molar-refractivity contribution in [1.29, 1.82) is 0 Å². The van der Waals surface area contributed by atoms with Gasteiger partial charge in [-0.2, -0.15) is 5.10 Å². The van der Waals surface area contributed by atoms with Gasteiger partial charge in [-0.25, -0.2) is 4.68 Å². The molecule has 0 fully saturated rings. The van der Waals surface area contributed by atoms with Gasteiger partial charge in [0.25, 0.3) is 0 Å². The van der Waals surface area contributed by atoms with Gasteiger partial charge < -0.3 is 0 Å². The Morgan fingerprint density at radius 3 is 2.23 bits per heavy atom. The SMILES string of the molecule is [CH2]Cc1ccc(-n2nc(C)c(-c3ccc(Cl)cc3)c2C)cc1. The summed E-state index contributed by atoms with van der Waals surface area (Å²) in [5.41, 5.74) is 6.74. The molecule has 22 heavy (non-hydrogen) atoms. The van der Waals surface area contributed by atoms with Crippen LogP contribution in [0.1, 0.15) is 17.0 Å². The average Bonchev–Trinajstić information content (AvgIpc) is 2.83. The van der Waals surface area contributed by atoms with Gasteiger partial charge in [-0.05, 0) is 62.6 Å². The third-order valence-corrected chi connectivity index (χ3v) is 4.15. The minimum atomic E-state index is 0.746. The molecule has 111 valence electrons. The van der Waals surface area contributed by atoms with Crippen molar-refractivity contribution in [1.82, 2.24) is 9.78 Å². The fourth-order valence-corrected chi connectivity index (χ4v) is 2.86. The van der Waals surface area contributed by atoms with E-state index >= 15 is 0 Å². The monoisotopic (exact) mass is 309 g/mol. The molecule has 0 unspecified atom stereocenters. The van der Waals surface area contributed by atoms with E-state index in [1.54, 1.807) is 0 Å². The van der Waals surface area contributed by atoms with Crippen molar-refractivity contribution in [2.24, 2.45) is 0 Å². The number of aryl methyl sites for hydroxylation is 1. The fourth-order valence-electron chi connectivity index (χ4n) is 2.73. The van der Waals surface area contributed by atoms with Crippen molar-refractivity contribution in [3.8, 4) is 16.8 Å². The summed E-state index contributed by atoms with van der Waals surface area (Å²) in [6.07, 6.45) is 0.799. The smallest absolute Gasteiger partial charge is 0.0679 e. The molecule has 1 radical (unpaired) electrons. The summed E-state index contributed by atoms with van der Waals surface area (Å²) < 4.78 is 1.99. The summed E-state index contributed by atoms with van der Waals surface area (Å²) in [6, 6.07) is 16.3. The van der Waals surface area contributed by atoms with Gasteiger partial charge in [0.2, 0.25) is 0 Å². The molecular formula is C19H18ClN2. The quantitative estimate of drug-likeness (QED) is 0.651. The highest BCUT2D eigenvalue weighted by Crippen LogP contribution is 2.29. The molecule has 0 amide bonds. The zero-order valence-electron chi connectivity index (χ0n) is 12.8. The average molecular weight is 310 g/mol. The molecule has 0 N–H and O–H groups in total. The second-order valence-corrected chi connectivity index (χ2v) is 5.82. The molecule has 2 aromatic carbocycles. The minimum absolute atomic E-state index is 0.746. The number of rotatable bonds is 3. The van der Waals surface area contributed by atoms with Crippen molar-refractivity contribution in [2.75, 3.05) is 0 Å². The molecule has 0 atom stereocenters. The van der Waals surface area contributed by atoms with E-state index in [1.165, 1.54) is 5.56 Å². The fraction of sp³-hybridized carbons (Fsp3) is 0.158. The van der Waals surface area contributed by atoms with Gasteiger partial charge in [-0.3, -0.25) is 0 Å². The summed E-state index contributed by atoms with van der Waals surface area (Å²) in [7, 11) is 0. The first-order valence-corrected chi connectivity index (χ1v) is 7.68. The van der Waals surface area contributed by atoms with E-state index in [-0.39, 0.29) is 0 Å². The molecule has 2 nitrogen and oxygen atoms in total. The highest BCUT2D eigenvalue weighted by atomic mass is 35.5. The predicted octanol–water partition coefficient (Wildman–Crippen LogP) is 5.19. The molecule has 0 aliphatic rings.